The van der Waals surface area contributed by atoms with Crippen molar-refractivity contribution >= 4 is 5.69 Å². The molecule has 1 saturated heterocycles. The minimum Gasteiger partial charge on any atom is -0.491 e. The standard InChI is InChI=1S/C16H24N2O3/c1-19-6-7-21-14-8-12-2-4-17-10-15(12)16(9-14)18-13-3-5-20-11-13/h8-9,13,17-18H,2-7,10-11H2,1H3/t13-/m1/s1. The highest BCUT2D eigenvalue weighted by Gasteiger charge is 2.20. The van der Waals surface area contributed by atoms with Gasteiger partial charge in [-0.3, -0.25) is 0 Å². The van der Waals surface area contributed by atoms with Crippen molar-refractivity contribution in [1.29, 1.82) is 0 Å². The summed E-state index contributed by atoms with van der Waals surface area (Å²) in [6.45, 7) is 4.78. The summed E-state index contributed by atoms with van der Waals surface area (Å²) in [7, 11) is 1.69. The fraction of sp³-hybridized carbons (Fsp3) is 0.625. The van der Waals surface area contributed by atoms with Crippen LogP contribution in [0.4, 0.5) is 5.69 Å². The topological polar surface area (TPSA) is 51.8 Å². The summed E-state index contributed by atoms with van der Waals surface area (Å²) in [6, 6.07) is 4.69. The molecule has 21 heavy (non-hydrogen) atoms. The normalized spacial score (nSPS) is 21.1. The maximum atomic E-state index is 5.80. The predicted molar refractivity (Wildman–Crippen MR) is 82.1 cm³/mol. The van der Waals surface area contributed by atoms with E-state index < -0.39 is 0 Å². The smallest absolute Gasteiger partial charge is 0.121 e. The summed E-state index contributed by atoms with van der Waals surface area (Å²) in [6.07, 6.45) is 2.11. The molecular weight excluding hydrogens is 268 g/mol. The van der Waals surface area contributed by atoms with Gasteiger partial charge in [-0.1, -0.05) is 0 Å². The second-order valence-electron chi connectivity index (χ2n) is 5.58. The summed E-state index contributed by atoms with van der Waals surface area (Å²) in [5, 5.41) is 7.07. The molecule has 1 aromatic rings. The van der Waals surface area contributed by atoms with E-state index in [1.54, 1.807) is 7.11 Å². The lowest BCUT2D eigenvalue weighted by Gasteiger charge is -2.24. The quantitative estimate of drug-likeness (QED) is 0.779. The number of hydrogen-bond acceptors (Lipinski definition) is 5. The Hall–Kier alpha value is -1.30. The van der Waals surface area contributed by atoms with Crippen LogP contribution >= 0.6 is 0 Å². The average molecular weight is 292 g/mol. The van der Waals surface area contributed by atoms with Gasteiger partial charge >= 0.3 is 0 Å². The predicted octanol–water partition coefficient (Wildman–Crippen LogP) is 1.56. The maximum Gasteiger partial charge on any atom is 0.121 e. The molecule has 0 radical (unpaired) electrons. The molecule has 2 aliphatic heterocycles. The number of anilines is 1. The third kappa shape index (κ3) is 3.67. The van der Waals surface area contributed by atoms with Crippen molar-refractivity contribution in [2.45, 2.75) is 25.4 Å². The van der Waals surface area contributed by atoms with Gasteiger partial charge in [0.15, 0.2) is 0 Å². The largest absolute Gasteiger partial charge is 0.491 e. The zero-order valence-corrected chi connectivity index (χ0v) is 12.6. The van der Waals surface area contributed by atoms with Gasteiger partial charge in [0, 0.05) is 32.0 Å². The van der Waals surface area contributed by atoms with Gasteiger partial charge in [0.25, 0.3) is 0 Å². The van der Waals surface area contributed by atoms with Gasteiger partial charge in [0.1, 0.15) is 12.4 Å². The Kier molecular flexibility index (Phi) is 4.95. The molecule has 0 unspecified atom stereocenters. The van der Waals surface area contributed by atoms with E-state index >= 15 is 0 Å². The molecule has 0 aliphatic carbocycles. The van der Waals surface area contributed by atoms with E-state index in [0.717, 1.165) is 44.9 Å². The van der Waals surface area contributed by atoms with Crippen molar-refractivity contribution < 1.29 is 14.2 Å². The summed E-state index contributed by atoms with van der Waals surface area (Å²) in [5.41, 5.74) is 3.93. The molecule has 5 nitrogen and oxygen atoms in total. The average Bonchev–Trinajstić information content (AvgIpc) is 3.01. The van der Waals surface area contributed by atoms with Crippen molar-refractivity contribution in [1.82, 2.24) is 5.32 Å². The van der Waals surface area contributed by atoms with Crippen LogP contribution in [-0.4, -0.2) is 46.1 Å². The molecule has 116 valence electrons. The highest BCUT2D eigenvalue weighted by atomic mass is 16.5. The Morgan fingerprint density at radius 3 is 3.14 bits per heavy atom. The Morgan fingerprint density at radius 2 is 2.33 bits per heavy atom. The van der Waals surface area contributed by atoms with Crippen molar-refractivity contribution in [3.63, 3.8) is 0 Å². The molecule has 1 fully saturated rings. The lowest BCUT2D eigenvalue weighted by atomic mass is 9.98. The molecule has 0 saturated carbocycles. The fourth-order valence-corrected chi connectivity index (χ4v) is 2.89. The molecule has 5 heteroatoms. The minimum atomic E-state index is 0.408. The van der Waals surface area contributed by atoms with Gasteiger partial charge in [-0.15, -0.1) is 0 Å². The molecule has 2 heterocycles. The van der Waals surface area contributed by atoms with Crippen LogP contribution in [0, 0.1) is 0 Å². The molecule has 1 atom stereocenters. The molecule has 0 amide bonds. The first-order valence-electron chi connectivity index (χ1n) is 7.69. The first kappa shape index (κ1) is 14.6. The van der Waals surface area contributed by atoms with Crippen LogP contribution in [-0.2, 0) is 22.4 Å². The Bertz CT molecular complexity index is 473. The van der Waals surface area contributed by atoms with Crippen LogP contribution in [0.5, 0.6) is 5.75 Å². The van der Waals surface area contributed by atoms with E-state index in [9.17, 15) is 0 Å². The van der Waals surface area contributed by atoms with E-state index in [-0.39, 0.29) is 0 Å². The second kappa shape index (κ2) is 7.11. The van der Waals surface area contributed by atoms with Gasteiger partial charge in [0.05, 0.1) is 19.3 Å². The van der Waals surface area contributed by atoms with E-state index in [4.69, 9.17) is 14.2 Å². The van der Waals surface area contributed by atoms with Crippen LogP contribution in [0.1, 0.15) is 17.5 Å². The summed E-state index contributed by atoms with van der Waals surface area (Å²) in [5.74, 6) is 0.925. The van der Waals surface area contributed by atoms with Crippen LogP contribution in [0.3, 0.4) is 0 Å². The van der Waals surface area contributed by atoms with Gasteiger partial charge in [-0.2, -0.15) is 0 Å². The van der Waals surface area contributed by atoms with E-state index in [2.05, 4.69) is 22.8 Å². The second-order valence-corrected chi connectivity index (χ2v) is 5.58. The number of benzene rings is 1. The van der Waals surface area contributed by atoms with E-state index in [1.807, 2.05) is 0 Å². The van der Waals surface area contributed by atoms with Crippen LogP contribution < -0.4 is 15.4 Å². The van der Waals surface area contributed by atoms with E-state index in [0.29, 0.717) is 19.3 Å². The summed E-state index contributed by atoms with van der Waals surface area (Å²) >= 11 is 0. The minimum absolute atomic E-state index is 0.408. The monoisotopic (exact) mass is 292 g/mol. The van der Waals surface area contributed by atoms with Gasteiger partial charge in [0.2, 0.25) is 0 Å². The van der Waals surface area contributed by atoms with Gasteiger partial charge < -0.3 is 24.8 Å². The summed E-state index contributed by atoms with van der Waals surface area (Å²) < 4.78 is 16.3. The molecule has 1 aromatic carbocycles. The Balaban J connectivity index is 1.78. The lowest BCUT2D eigenvalue weighted by Crippen LogP contribution is -2.27. The van der Waals surface area contributed by atoms with Crippen LogP contribution in [0.25, 0.3) is 0 Å². The SMILES string of the molecule is COCCOc1cc2c(c(N[C@@H]3CCOC3)c1)CNCC2. The maximum absolute atomic E-state index is 5.80. The number of nitrogens with one attached hydrogen (secondary N) is 2. The van der Waals surface area contributed by atoms with Crippen molar-refractivity contribution in [3.05, 3.63) is 23.3 Å². The van der Waals surface area contributed by atoms with Gasteiger partial charge in [-0.05, 0) is 36.6 Å². The molecule has 0 spiro atoms. The zero-order valence-electron chi connectivity index (χ0n) is 12.6. The number of rotatable bonds is 6. The highest BCUT2D eigenvalue weighted by molar-refractivity contribution is 5.60. The zero-order chi connectivity index (χ0) is 14.5. The van der Waals surface area contributed by atoms with Gasteiger partial charge in [-0.25, -0.2) is 0 Å². The molecule has 2 aliphatic rings. The van der Waals surface area contributed by atoms with Crippen molar-refractivity contribution in [3.8, 4) is 5.75 Å². The van der Waals surface area contributed by atoms with E-state index in [1.165, 1.54) is 16.8 Å². The van der Waals surface area contributed by atoms with Crippen molar-refractivity contribution in [2.75, 3.05) is 45.4 Å². The number of methoxy groups -OCH3 is 1. The number of fused-ring (bicyclic) bond motifs is 1. The summed E-state index contributed by atoms with van der Waals surface area (Å²) in [4.78, 5) is 0. The first-order valence-corrected chi connectivity index (χ1v) is 7.69. The third-order valence-electron chi connectivity index (χ3n) is 4.03. The molecule has 3 rings (SSSR count). The molecule has 2 N–H and O–H groups in total. The van der Waals surface area contributed by atoms with Crippen LogP contribution in [0.15, 0.2) is 12.1 Å². The lowest BCUT2D eigenvalue weighted by molar-refractivity contribution is 0.146. The fourth-order valence-electron chi connectivity index (χ4n) is 2.89. The first-order chi connectivity index (χ1) is 10.4. The Morgan fingerprint density at radius 1 is 1.38 bits per heavy atom. The Labute approximate surface area is 126 Å². The third-order valence-corrected chi connectivity index (χ3v) is 4.03. The number of ether oxygens (including phenoxy) is 3. The molecular formula is C16H24N2O3. The number of hydrogen-bond donors (Lipinski definition) is 2. The molecule has 0 aromatic heterocycles. The van der Waals surface area contributed by atoms with Crippen LogP contribution in [0.2, 0.25) is 0 Å². The highest BCUT2D eigenvalue weighted by Crippen LogP contribution is 2.30. The van der Waals surface area contributed by atoms with Crippen molar-refractivity contribution in [2.24, 2.45) is 0 Å². The molecule has 0 bridgehead atoms.